The van der Waals surface area contributed by atoms with E-state index < -0.39 is 0 Å². The molecule has 5 aromatic rings. The molecule has 0 nitrogen and oxygen atoms in total. The Balaban J connectivity index is 1.83. The van der Waals surface area contributed by atoms with Crippen LogP contribution in [0.5, 0.6) is 0 Å². The van der Waals surface area contributed by atoms with Gasteiger partial charge < -0.3 is 0 Å². The van der Waals surface area contributed by atoms with Crippen LogP contribution >= 0.6 is 11.6 Å². The minimum Gasteiger partial charge on any atom is -0.0843 e. The Morgan fingerprint density at radius 1 is 0.533 bits per heavy atom. The maximum absolute atomic E-state index is 6.60. The van der Waals surface area contributed by atoms with E-state index in [1.807, 2.05) is 6.07 Å². The van der Waals surface area contributed by atoms with E-state index in [4.69, 9.17) is 11.6 Å². The Morgan fingerprint density at radius 2 is 1.27 bits per heavy atom. The van der Waals surface area contributed by atoms with Gasteiger partial charge in [0.25, 0.3) is 0 Å². The molecule has 2 aliphatic rings. The molecular weight excluding hydrogens is 384 g/mol. The molecule has 0 saturated heterocycles. The molecule has 0 radical (unpaired) electrons. The normalized spacial score (nSPS) is 17.6. The highest BCUT2D eigenvalue weighted by molar-refractivity contribution is 6.31. The van der Waals surface area contributed by atoms with Crippen molar-refractivity contribution < 1.29 is 0 Å². The van der Waals surface area contributed by atoms with Crippen LogP contribution in [0.3, 0.4) is 0 Å². The molecule has 1 atom stereocenters. The predicted octanol–water partition coefficient (Wildman–Crippen LogP) is 7.84. The molecule has 0 aromatic heterocycles. The molecule has 1 unspecified atom stereocenters. The predicted molar refractivity (Wildman–Crippen MR) is 125 cm³/mol. The summed E-state index contributed by atoms with van der Waals surface area (Å²) < 4.78 is 0. The second-order valence-electron chi connectivity index (χ2n) is 8.24. The average molecular weight is 401 g/mol. The van der Waals surface area contributed by atoms with Crippen LogP contribution in [-0.4, -0.2) is 0 Å². The van der Waals surface area contributed by atoms with Gasteiger partial charge in [-0.3, -0.25) is 0 Å². The first-order chi connectivity index (χ1) is 14.8. The van der Waals surface area contributed by atoms with Crippen molar-refractivity contribution in [3.05, 3.63) is 130 Å². The summed E-state index contributed by atoms with van der Waals surface area (Å²) in [6, 6.07) is 37.5. The number of benzene rings is 5. The zero-order valence-corrected chi connectivity index (χ0v) is 16.9. The van der Waals surface area contributed by atoms with Gasteiger partial charge in [-0.1, -0.05) is 103 Å². The first-order valence-corrected chi connectivity index (χ1v) is 10.7. The summed E-state index contributed by atoms with van der Waals surface area (Å²) in [5, 5.41) is 3.44. The van der Waals surface area contributed by atoms with E-state index in [1.165, 1.54) is 55.3 Å². The van der Waals surface area contributed by atoms with Crippen LogP contribution in [0.2, 0.25) is 5.02 Å². The molecule has 0 saturated carbocycles. The van der Waals surface area contributed by atoms with E-state index in [2.05, 4.69) is 97.1 Å². The van der Waals surface area contributed by atoms with Crippen LogP contribution < -0.4 is 0 Å². The number of halogens is 1. The molecular formula is C29H17Cl. The van der Waals surface area contributed by atoms with E-state index in [1.54, 1.807) is 0 Å². The van der Waals surface area contributed by atoms with Crippen LogP contribution in [0.15, 0.2) is 103 Å². The highest BCUT2D eigenvalue weighted by atomic mass is 35.5. The molecule has 1 heteroatoms. The van der Waals surface area contributed by atoms with Crippen LogP contribution in [0.4, 0.5) is 0 Å². The Hall–Kier alpha value is -3.35. The Kier molecular flexibility index (Phi) is 3.08. The van der Waals surface area contributed by atoms with Gasteiger partial charge in [-0.05, 0) is 67.4 Å². The highest BCUT2D eigenvalue weighted by Crippen LogP contribution is 2.63. The summed E-state index contributed by atoms with van der Waals surface area (Å²) in [4.78, 5) is 0. The van der Waals surface area contributed by atoms with Crippen LogP contribution in [0.1, 0.15) is 22.3 Å². The molecule has 0 fully saturated rings. The SMILES string of the molecule is Clc1ccc2c(c1)C1(c3ccccc3)c3ccccc3-c3cccc4ccc-2c1c34. The van der Waals surface area contributed by atoms with Gasteiger partial charge in [0.05, 0.1) is 5.41 Å². The Morgan fingerprint density at radius 3 is 2.17 bits per heavy atom. The number of hydrogen-bond donors (Lipinski definition) is 0. The van der Waals surface area contributed by atoms with E-state index in [9.17, 15) is 0 Å². The highest BCUT2D eigenvalue weighted by Gasteiger charge is 2.50. The average Bonchev–Trinajstić information content (AvgIpc) is 3.10. The summed E-state index contributed by atoms with van der Waals surface area (Å²) in [5.74, 6) is 0. The van der Waals surface area contributed by atoms with Crippen LogP contribution in [0, 0.1) is 0 Å². The van der Waals surface area contributed by atoms with Crippen molar-refractivity contribution >= 4 is 22.4 Å². The topological polar surface area (TPSA) is 0 Å². The molecule has 0 bridgehead atoms. The third-order valence-corrected chi connectivity index (χ3v) is 7.16. The minimum absolute atomic E-state index is 0.360. The summed E-state index contributed by atoms with van der Waals surface area (Å²) >= 11 is 6.60. The van der Waals surface area contributed by atoms with Crippen molar-refractivity contribution in [2.75, 3.05) is 0 Å². The summed E-state index contributed by atoms with van der Waals surface area (Å²) in [6.07, 6.45) is 0. The lowest BCUT2D eigenvalue weighted by molar-refractivity contribution is 0.773. The first-order valence-electron chi connectivity index (χ1n) is 10.3. The second kappa shape index (κ2) is 5.62. The van der Waals surface area contributed by atoms with Crippen molar-refractivity contribution in [3.8, 4) is 22.3 Å². The van der Waals surface area contributed by atoms with Gasteiger partial charge in [0.1, 0.15) is 0 Å². The van der Waals surface area contributed by atoms with Crippen molar-refractivity contribution in [1.82, 2.24) is 0 Å². The third kappa shape index (κ3) is 1.79. The molecule has 5 aromatic carbocycles. The van der Waals surface area contributed by atoms with Gasteiger partial charge in [0.15, 0.2) is 0 Å². The molecule has 0 aliphatic heterocycles. The standard InChI is InChI=1S/C29H17Cl/c30-20-14-16-22-24-15-13-18-7-6-11-23-21-10-4-5-12-25(21)29(26(22)17-20,28(24)27(18)23)19-8-2-1-3-9-19/h1-17H. The van der Waals surface area contributed by atoms with Gasteiger partial charge in [-0.25, -0.2) is 0 Å². The van der Waals surface area contributed by atoms with Gasteiger partial charge in [-0.15, -0.1) is 0 Å². The van der Waals surface area contributed by atoms with Crippen molar-refractivity contribution in [3.63, 3.8) is 0 Å². The molecule has 2 aliphatic carbocycles. The third-order valence-electron chi connectivity index (χ3n) is 6.92. The van der Waals surface area contributed by atoms with E-state index >= 15 is 0 Å². The zero-order valence-electron chi connectivity index (χ0n) is 16.2. The van der Waals surface area contributed by atoms with Gasteiger partial charge >= 0.3 is 0 Å². The van der Waals surface area contributed by atoms with E-state index in [0.29, 0.717) is 0 Å². The summed E-state index contributed by atoms with van der Waals surface area (Å²) in [6.45, 7) is 0. The smallest absolute Gasteiger partial charge is 0.0726 e. The largest absolute Gasteiger partial charge is 0.0843 e. The summed E-state index contributed by atoms with van der Waals surface area (Å²) in [7, 11) is 0. The lowest BCUT2D eigenvalue weighted by Gasteiger charge is -2.39. The molecule has 0 N–H and O–H groups in total. The number of rotatable bonds is 1. The lowest BCUT2D eigenvalue weighted by Crippen LogP contribution is -2.31. The minimum atomic E-state index is -0.360. The van der Waals surface area contributed by atoms with E-state index in [-0.39, 0.29) is 5.41 Å². The molecule has 0 spiro atoms. The van der Waals surface area contributed by atoms with Crippen LogP contribution in [0.25, 0.3) is 33.0 Å². The number of hydrogen-bond acceptors (Lipinski definition) is 0. The van der Waals surface area contributed by atoms with Gasteiger partial charge in [0.2, 0.25) is 0 Å². The monoisotopic (exact) mass is 400 g/mol. The van der Waals surface area contributed by atoms with Crippen molar-refractivity contribution in [1.29, 1.82) is 0 Å². The summed E-state index contributed by atoms with van der Waals surface area (Å²) in [5.41, 5.74) is 10.2. The Labute approximate surface area is 180 Å². The maximum Gasteiger partial charge on any atom is 0.0726 e. The lowest BCUT2D eigenvalue weighted by atomic mass is 9.62. The molecule has 7 rings (SSSR count). The van der Waals surface area contributed by atoms with Gasteiger partial charge in [0, 0.05) is 5.02 Å². The fourth-order valence-electron chi connectivity index (χ4n) is 5.88. The molecule has 30 heavy (non-hydrogen) atoms. The van der Waals surface area contributed by atoms with E-state index in [0.717, 1.165) is 5.02 Å². The quantitative estimate of drug-likeness (QED) is 0.263. The van der Waals surface area contributed by atoms with Gasteiger partial charge in [-0.2, -0.15) is 0 Å². The number of fused-ring (bicyclic) bond motifs is 6. The van der Waals surface area contributed by atoms with Crippen molar-refractivity contribution in [2.24, 2.45) is 0 Å². The Bertz CT molecular complexity index is 1500. The van der Waals surface area contributed by atoms with Crippen molar-refractivity contribution in [2.45, 2.75) is 5.41 Å². The fourth-order valence-corrected chi connectivity index (χ4v) is 6.05. The molecule has 140 valence electrons. The fraction of sp³-hybridized carbons (Fsp3) is 0.0345. The zero-order chi connectivity index (χ0) is 19.9. The first kappa shape index (κ1) is 16.4. The van der Waals surface area contributed by atoms with Crippen LogP contribution in [-0.2, 0) is 5.41 Å². The maximum atomic E-state index is 6.60. The second-order valence-corrected chi connectivity index (χ2v) is 8.68. The molecule has 0 heterocycles. The molecule has 0 amide bonds.